The summed E-state index contributed by atoms with van der Waals surface area (Å²) >= 11 is 0. The van der Waals surface area contributed by atoms with Crippen LogP contribution < -0.4 is 0 Å². The SMILES string of the molecule is Cc1cccc(CN(C[C@@H]2CCCO2)C(=O)c2n[nH]c3c2COCC3)c1. The maximum atomic E-state index is 13.3. The fourth-order valence-corrected chi connectivity index (χ4v) is 3.72. The van der Waals surface area contributed by atoms with Crippen LogP contribution in [0.3, 0.4) is 0 Å². The largest absolute Gasteiger partial charge is 0.376 e. The number of aromatic amines is 1. The second kappa shape index (κ2) is 7.60. The van der Waals surface area contributed by atoms with Gasteiger partial charge in [0.1, 0.15) is 0 Å². The van der Waals surface area contributed by atoms with E-state index < -0.39 is 0 Å². The lowest BCUT2D eigenvalue weighted by Gasteiger charge is -2.26. The molecule has 26 heavy (non-hydrogen) atoms. The van der Waals surface area contributed by atoms with E-state index in [0.717, 1.165) is 42.7 Å². The zero-order chi connectivity index (χ0) is 17.9. The van der Waals surface area contributed by atoms with Crippen LogP contribution in [0.15, 0.2) is 24.3 Å². The number of carbonyl (C=O) groups is 1. The zero-order valence-electron chi connectivity index (χ0n) is 15.2. The van der Waals surface area contributed by atoms with Crippen molar-refractivity contribution in [2.45, 2.75) is 45.4 Å². The molecule has 1 amide bonds. The van der Waals surface area contributed by atoms with Crippen molar-refractivity contribution in [3.05, 3.63) is 52.3 Å². The third-order valence-electron chi connectivity index (χ3n) is 5.09. The van der Waals surface area contributed by atoms with Gasteiger partial charge in [-0.05, 0) is 25.3 Å². The van der Waals surface area contributed by atoms with Crippen LogP contribution in [-0.2, 0) is 29.0 Å². The number of H-pyrrole nitrogens is 1. The molecule has 2 aliphatic heterocycles. The van der Waals surface area contributed by atoms with Crippen molar-refractivity contribution in [3.63, 3.8) is 0 Å². The molecule has 0 aliphatic carbocycles. The van der Waals surface area contributed by atoms with Crippen LogP contribution in [0.4, 0.5) is 0 Å². The molecule has 1 aromatic heterocycles. The maximum Gasteiger partial charge on any atom is 0.275 e. The first-order valence-corrected chi connectivity index (χ1v) is 9.31. The van der Waals surface area contributed by atoms with Crippen molar-refractivity contribution in [1.29, 1.82) is 0 Å². The van der Waals surface area contributed by atoms with Gasteiger partial charge >= 0.3 is 0 Å². The number of ether oxygens (including phenoxy) is 2. The van der Waals surface area contributed by atoms with Gasteiger partial charge in [0.25, 0.3) is 5.91 Å². The number of carbonyl (C=O) groups excluding carboxylic acids is 1. The van der Waals surface area contributed by atoms with Gasteiger partial charge in [-0.3, -0.25) is 9.89 Å². The fraction of sp³-hybridized carbons (Fsp3) is 0.500. The van der Waals surface area contributed by atoms with Crippen molar-refractivity contribution < 1.29 is 14.3 Å². The number of nitrogens with zero attached hydrogens (tertiary/aromatic N) is 2. The Hall–Kier alpha value is -2.18. The number of rotatable bonds is 5. The monoisotopic (exact) mass is 355 g/mol. The van der Waals surface area contributed by atoms with Crippen molar-refractivity contribution in [1.82, 2.24) is 15.1 Å². The lowest BCUT2D eigenvalue weighted by atomic mass is 10.1. The van der Waals surface area contributed by atoms with Crippen LogP contribution in [0, 0.1) is 6.92 Å². The predicted octanol–water partition coefficient (Wildman–Crippen LogP) is 2.61. The van der Waals surface area contributed by atoms with Crippen LogP contribution in [0.2, 0.25) is 0 Å². The van der Waals surface area contributed by atoms with E-state index in [1.807, 2.05) is 11.0 Å². The van der Waals surface area contributed by atoms with Gasteiger partial charge < -0.3 is 14.4 Å². The number of nitrogens with one attached hydrogen (secondary N) is 1. The molecule has 1 aromatic carbocycles. The second-order valence-corrected chi connectivity index (χ2v) is 7.14. The Balaban J connectivity index is 1.58. The van der Waals surface area contributed by atoms with Crippen LogP contribution in [0.5, 0.6) is 0 Å². The van der Waals surface area contributed by atoms with Gasteiger partial charge in [0.05, 0.1) is 19.3 Å². The van der Waals surface area contributed by atoms with Gasteiger partial charge in [-0.1, -0.05) is 29.8 Å². The highest BCUT2D eigenvalue weighted by Gasteiger charge is 2.29. The molecule has 0 saturated carbocycles. The number of aryl methyl sites for hydroxylation is 1. The smallest absolute Gasteiger partial charge is 0.275 e. The summed E-state index contributed by atoms with van der Waals surface area (Å²) in [6, 6.07) is 8.28. The van der Waals surface area contributed by atoms with Crippen LogP contribution in [-0.4, -0.2) is 46.9 Å². The average molecular weight is 355 g/mol. The number of benzene rings is 1. The Morgan fingerprint density at radius 2 is 2.31 bits per heavy atom. The summed E-state index contributed by atoms with van der Waals surface area (Å²) in [4.78, 5) is 15.2. The molecule has 4 rings (SSSR count). The minimum absolute atomic E-state index is 0.0509. The Morgan fingerprint density at radius 1 is 1.38 bits per heavy atom. The number of aromatic nitrogens is 2. The number of fused-ring (bicyclic) bond motifs is 1. The summed E-state index contributed by atoms with van der Waals surface area (Å²) in [6.07, 6.45) is 2.94. The molecule has 6 nitrogen and oxygen atoms in total. The van der Waals surface area contributed by atoms with Gasteiger partial charge in [0, 0.05) is 37.4 Å². The molecular formula is C20H25N3O3. The zero-order valence-corrected chi connectivity index (χ0v) is 15.2. The standard InChI is InChI=1S/C20H25N3O3/c1-14-4-2-5-15(10-14)11-23(12-16-6-3-8-26-16)20(24)19-17-13-25-9-7-18(17)21-22-19/h2,4-5,10,16H,3,6-9,11-13H2,1H3,(H,21,22)/t16-/m0/s1. The van der Waals surface area contributed by atoms with Gasteiger partial charge in [-0.2, -0.15) is 5.10 Å². The van der Waals surface area contributed by atoms with Crippen LogP contribution >= 0.6 is 0 Å². The first kappa shape index (κ1) is 17.2. The lowest BCUT2D eigenvalue weighted by molar-refractivity contribution is 0.0496. The van der Waals surface area contributed by atoms with Gasteiger partial charge in [-0.25, -0.2) is 0 Å². The molecule has 1 N–H and O–H groups in total. The normalized spacial score (nSPS) is 19.3. The van der Waals surface area contributed by atoms with Gasteiger partial charge in [-0.15, -0.1) is 0 Å². The molecule has 0 radical (unpaired) electrons. The lowest BCUT2D eigenvalue weighted by Crippen LogP contribution is -2.37. The van der Waals surface area contributed by atoms with E-state index in [0.29, 0.717) is 32.0 Å². The molecule has 6 heteroatoms. The molecular weight excluding hydrogens is 330 g/mol. The molecule has 0 unspecified atom stereocenters. The highest BCUT2D eigenvalue weighted by atomic mass is 16.5. The first-order valence-electron chi connectivity index (χ1n) is 9.31. The van der Waals surface area contributed by atoms with E-state index in [-0.39, 0.29) is 12.0 Å². The number of amides is 1. The van der Waals surface area contributed by atoms with E-state index in [9.17, 15) is 4.79 Å². The third-order valence-corrected chi connectivity index (χ3v) is 5.09. The summed E-state index contributed by atoms with van der Waals surface area (Å²) in [5.41, 5.74) is 4.73. The minimum atomic E-state index is -0.0509. The Bertz CT molecular complexity index is 780. The first-order chi connectivity index (χ1) is 12.7. The topological polar surface area (TPSA) is 67.5 Å². The molecule has 1 fully saturated rings. The molecule has 0 spiro atoms. The van der Waals surface area contributed by atoms with E-state index >= 15 is 0 Å². The molecule has 0 bridgehead atoms. The molecule has 138 valence electrons. The fourth-order valence-electron chi connectivity index (χ4n) is 3.72. The summed E-state index contributed by atoms with van der Waals surface area (Å²) < 4.78 is 11.3. The summed E-state index contributed by atoms with van der Waals surface area (Å²) in [6.45, 7) is 5.12. The summed E-state index contributed by atoms with van der Waals surface area (Å²) in [7, 11) is 0. The summed E-state index contributed by atoms with van der Waals surface area (Å²) in [5, 5.41) is 7.34. The highest BCUT2D eigenvalue weighted by Crippen LogP contribution is 2.22. The molecule has 3 heterocycles. The maximum absolute atomic E-state index is 13.3. The molecule has 2 aromatic rings. The third kappa shape index (κ3) is 3.66. The summed E-state index contributed by atoms with van der Waals surface area (Å²) in [5.74, 6) is -0.0509. The molecule has 1 saturated heterocycles. The molecule has 1 atom stereocenters. The van der Waals surface area contributed by atoms with Gasteiger partial charge in [0.2, 0.25) is 0 Å². The van der Waals surface area contributed by atoms with Crippen molar-refractivity contribution >= 4 is 5.91 Å². The van der Waals surface area contributed by atoms with Gasteiger partial charge in [0.15, 0.2) is 5.69 Å². The van der Waals surface area contributed by atoms with E-state index in [4.69, 9.17) is 9.47 Å². The van der Waals surface area contributed by atoms with E-state index in [2.05, 4.69) is 35.3 Å². The molecule has 2 aliphatic rings. The highest BCUT2D eigenvalue weighted by molar-refractivity contribution is 5.94. The average Bonchev–Trinajstić information content (AvgIpc) is 3.30. The Kier molecular flexibility index (Phi) is 5.04. The predicted molar refractivity (Wildman–Crippen MR) is 96.8 cm³/mol. The van der Waals surface area contributed by atoms with Crippen LogP contribution in [0.1, 0.15) is 45.7 Å². The van der Waals surface area contributed by atoms with Crippen molar-refractivity contribution in [2.24, 2.45) is 0 Å². The van der Waals surface area contributed by atoms with E-state index in [1.165, 1.54) is 5.56 Å². The second-order valence-electron chi connectivity index (χ2n) is 7.14. The van der Waals surface area contributed by atoms with E-state index in [1.54, 1.807) is 0 Å². The van der Waals surface area contributed by atoms with Crippen molar-refractivity contribution in [2.75, 3.05) is 19.8 Å². The van der Waals surface area contributed by atoms with Crippen molar-refractivity contribution in [3.8, 4) is 0 Å². The quantitative estimate of drug-likeness (QED) is 0.895. The van der Waals surface area contributed by atoms with Crippen LogP contribution in [0.25, 0.3) is 0 Å². The number of hydrogen-bond acceptors (Lipinski definition) is 4. The Labute approximate surface area is 153 Å². The Morgan fingerprint density at radius 3 is 3.12 bits per heavy atom. The number of hydrogen-bond donors (Lipinski definition) is 1. The minimum Gasteiger partial charge on any atom is -0.376 e.